The molecule has 0 aliphatic rings. The van der Waals surface area contributed by atoms with E-state index in [0.717, 1.165) is 5.56 Å². The van der Waals surface area contributed by atoms with Crippen molar-refractivity contribution in [2.24, 2.45) is 0 Å². The minimum absolute atomic E-state index is 0.0447. The molecule has 0 unspecified atom stereocenters. The average molecular weight is 272 g/mol. The maximum atomic E-state index is 11.6. The lowest BCUT2D eigenvalue weighted by Gasteiger charge is -2.19. The molecule has 0 radical (unpaired) electrons. The van der Waals surface area contributed by atoms with Crippen LogP contribution < -0.4 is 0 Å². The number of hydrogen-bond acceptors (Lipinski definition) is 4. The molecule has 0 heterocycles. The van der Waals surface area contributed by atoms with Gasteiger partial charge in [0.25, 0.3) is 10.1 Å². The second-order valence-corrected chi connectivity index (χ2v) is 6.50. The third kappa shape index (κ3) is 3.82. The van der Waals surface area contributed by atoms with Crippen molar-refractivity contribution in [3.05, 3.63) is 29.8 Å². The summed E-state index contributed by atoms with van der Waals surface area (Å²) in [6, 6.07) is 6.21. The number of aliphatic carboxylic acids is 1. The van der Waals surface area contributed by atoms with Gasteiger partial charge in [-0.05, 0) is 23.1 Å². The standard InChI is InChI=1S/C12H16O5S/c1-12(2,3)9-4-6-10(7-5-9)18(15,16)17-8-11(13)14/h4-7H,8H2,1-3H3,(H,13,14). The van der Waals surface area contributed by atoms with Crippen LogP contribution in [-0.2, 0) is 24.5 Å². The molecule has 6 heteroatoms. The zero-order valence-electron chi connectivity index (χ0n) is 10.5. The van der Waals surface area contributed by atoms with Crippen LogP contribution in [0.3, 0.4) is 0 Å². The summed E-state index contributed by atoms with van der Waals surface area (Å²) in [5.41, 5.74) is 0.907. The van der Waals surface area contributed by atoms with E-state index in [4.69, 9.17) is 5.11 Å². The Morgan fingerprint density at radius 3 is 2.11 bits per heavy atom. The summed E-state index contributed by atoms with van der Waals surface area (Å²) >= 11 is 0. The Hall–Kier alpha value is -1.40. The Labute approximate surface area is 107 Å². The maximum Gasteiger partial charge on any atom is 0.331 e. The van der Waals surface area contributed by atoms with E-state index >= 15 is 0 Å². The molecular weight excluding hydrogens is 256 g/mol. The van der Waals surface area contributed by atoms with Crippen molar-refractivity contribution < 1.29 is 22.5 Å². The van der Waals surface area contributed by atoms with Crippen LogP contribution in [0.2, 0.25) is 0 Å². The summed E-state index contributed by atoms with van der Waals surface area (Å²) in [5.74, 6) is -1.33. The smallest absolute Gasteiger partial charge is 0.331 e. The fraction of sp³-hybridized carbons (Fsp3) is 0.417. The SMILES string of the molecule is CC(C)(C)c1ccc(S(=O)(=O)OCC(=O)O)cc1. The minimum atomic E-state index is -4.00. The van der Waals surface area contributed by atoms with E-state index in [1.165, 1.54) is 12.1 Å². The molecule has 1 rings (SSSR count). The monoisotopic (exact) mass is 272 g/mol. The first-order chi connectivity index (χ1) is 8.13. The molecule has 0 aromatic heterocycles. The average Bonchev–Trinajstić information content (AvgIpc) is 2.26. The number of carboxylic acid groups (broad SMARTS) is 1. The van der Waals surface area contributed by atoms with E-state index in [9.17, 15) is 13.2 Å². The van der Waals surface area contributed by atoms with Crippen molar-refractivity contribution in [1.82, 2.24) is 0 Å². The van der Waals surface area contributed by atoms with Crippen LogP contribution in [0.25, 0.3) is 0 Å². The molecule has 5 nitrogen and oxygen atoms in total. The molecular formula is C12H16O5S. The van der Waals surface area contributed by atoms with Crippen molar-refractivity contribution >= 4 is 16.1 Å². The largest absolute Gasteiger partial charge is 0.479 e. The highest BCUT2D eigenvalue weighted by Crippen LogP contribution is 2.23. The number of carboxylic acids is 1. The van der Waals surface area contributed by atoms with Gasteiger partial charge in [-0.3, -0.25) is 4.18 Å². The number of hydrogen-bond donors (Lipinski definition) is 1. The fourth-order valence-electron chi connectivity index (χ4n) is 1.32. The van der Waals surface area contributed by atoms with Gasteiger partial charge in [0.2, 0.25) is 0 Å². The second kappa shape index (κ2) is 5.07. The molecule has 100 valence electrons. The van der Waals surface area contributed by atoms with Crippen molar-refractivity contribution in [1.29, 1.82) is 0 Å². The van der Waals surface area contributed by atoms with Crippen LogP contribution in [0.5, 0.6) is 0 Å². The first-order valence-electron chi connectivity index (χ1n) is 5.35. The summed E-state index contributed by atoms with van der Waals surface area (Å²) < 4.78 is 27.6. The summed E-state index contributed by atoms with van der Waals surface area (Å²) in [4.78, 5) is 10.2. The number of rotatable bonds is 4. The van der Waals surface area contributed by atoms with Gasteiger partial charge < -0.3 is 5.11 Å². The molecule has 0 atom stereocenters. The number of benzene rings is 1. The van der Waals surface area contributed by atoms with Crippen LogP contribution in [-0.4, -0.2) is 26.1 Å². The lowest BCUT2D eigenvalue weighted by molar-refractivity contribution is -0.139. The Morgan fingerprint density at radius 2 is 1.72 bits per heavy atom. The normalized spacial score (nSPS) is 12.4. The van der Waals surface area contributed by atoms with Crippen molar-refractivity contribution in [3.8, 4) is 0 Å². The molecule has 1 aromatic rings. The molecule has 0 bridgehead atoms. The summed E-state index contributed by atoms with van der Waals surface area (Å²) in [5, 5.41) is 8.39. The quantitative estimate of drug-likeness (QED) is 0.845. The van der Waals surface area contributed by atoms with Gasteiger partial charge in [-0.15, -0.1) is 0 Å². The number of carbonyl (C=O) groups is 1. The van der Waals surface area contributed by atoms with Gasteiger partial charge in [0.05, 0.1) is 4.90 Å². The topological polar surface area (TPSA) is 80.7 Å². The van der Waals surface area contributed by atoms with E-state index in [0.29, 0.717) is 0 Å². The van der Waals surface area contributed by atoms with Gasteiger partial charge >= 0.3 is 5.97 Å². The predicted octanol–water partition coefficient (Wildman–Crippen LogP) is 1.77. The van der Waals surface area contributed by atoms with Crippen LogP contribution in [0.4, 0.5) is 0 Å². The molecule has 1 N–H and O–H groups in total. The third-order valence-corrected chi connectivity index (χ3v) is 3.62. The molecule has 0 saturated heterocycles. The van der Waals surface area contributed by atoms with Crippen molar-refractivity contribution in [3.63, 3.8) is 0 Å². The van der Waals surface area contributed by atoms with Crippen LogP contribution in [0.15, 0.2) is 29.2 Å². The molecule has 0 fully saturated rings. The van der Waals surface area contributed by atoms with Gasteiger partial charge in [-0.1, -0.05) is 32.9 Å². The summed E-state index contributed by atoms with van der Waals surface area (Å²) in [6.07, 6.45) is 0. The van der Waals surface area contributed by atoms with Gasteiger partial charge in [-0.2, -0.15) is 8.42 Å². The van der Waals surface area contributed by atoms with E-state index < -0.39 is 22.7 Å². The highest BCUT2D eigenvalue weighted by atomic mass is 32.2. The Kier molecular flexibility index (Phi) is 4.13. The van der Waals surface area contributed by atoms with E-state index in [-0.39, 0.29) is 10.3 Å². The van der Waals surface area contributed by atoms with Gasteiger partial charge in [-0.25, -0.2) is 4.79 Å². The first kappa shape index (κ1) is 14.7. The first-order valence-corrected chi connectivity index (χ1v) is 6.75. The fourth-order valence-corrected chi connectivity index (χ4v) is 2.18. The summed E-state index contributed by atoms with van der Waals surface area (Å²) in [6.45, 7) is 5.16. The van der Waals surface area contributed by atoms with Gasteiger partial charge in [0.15, 0.2) is 6.61 Å². The third-order valence-electron chi connectivity index (χ3n) is 2.35. The van der Waals surface area contributed by atoms with Gasteiger partial charge in [0.1, 0.15) is 0 Å². The van der Waals surface area contributed by atoms with Crippen molar-refractivity contribution in [2.45, 2.75) is 31.1 Å². The van der Waals surface area contributed by atoms with Crippen LogP contribution in [0.1, 0.15) is 26.3 Å². The molecule has 0 spiro atoms. The molecule has 18 heavy (non-hydrogen) atoms. The zero-order valence-corrected chi connectivity index (χ0v) is 11.3. The maximum absolute atomic E-state index is 11.6. The highest BCUT2D eigenvalue weighted by Gasteiger charge is 2.19. The molecule has 0 aliphatic heterocycles. The van der Waals surface area contributed by atoms with Crippen LogP contribution >= 0.6 is 0 Å². The second-order valence-electron chi connectivity index (χ2n) is 4.88. The minimum Gasteiger partial charge on any atom is -0.479 e. The zero-order chi connectivity index (χ0) is 14.0. The van der Waals surface area contributed by atoms with Gasteiger partial charge in [0, 0.05) is 0 Å². The Morgan fingerprint density at radius 1 is 1.22 bits per heavy atom. The molecule has 0 aliphatic carbocycles. The summed E-state index contributed by atoms with van der Waals surface area (Å²) in [7, 11) is -4.00. The predicted molar refractivity (Wildman–Crippen MR) is 65.9 cm³/mol. The highest BCUT2D eigenvalue weighted by molar-refractivity contribution is 7.86. The Balaban J connectivity index is 2.95. The molecule has 0 saturated carbocycles. The van der Waals surface area contributed by atoms with Crippen LogP contribution in [0, 0.1) is 0 Å². The van der Waals surface area contributed by atoms with E-state index in [1.54, 1.807) is 12.1 Å². The van der Waals surface area contributed by atoms with E-state index in [1.807, 2.05) is 20.8 Å². The van der Waals surface area contributed by atoms with E-state index in [2.05, 4.69) is 4.18 Å². The lowest BCUT2D eigenvalue weighted by Crippen LogP contribution is -2.15. The van der Waals surface area contributed by atoms with Crippen molar-refractivity contribution in [2.75, 3.05) is 6.61 Å². The Bertz CT molecular complexity index is 523. The molecule has 0 amide bonds. The lowest BCUT2D eigenvalue weighted by atomic mass is 9.87. The molecule has 1 aromatic carbocycles.